The van der Waals surface area contributed by atoms with Crippen LogP contribution >= 0.6 is 0 Å². The molecule has 2 aromatic heterocycles. The van der Waals surface area contributed by atoms with Crippen molar-refractivity contribution in [1.29, 1.82) is 0 Å². The fourth-order valence-corrected chi connectivity index (χ4v) is 3.92. The predicted molar refractivity (Wildman–Crippen MR) is 126 cm³/mol. The summed E-state index contributed by atoms with van der Waals surface area (Å²) in [6.07, 6.45) is 3.20. The highest BCUT2D eigenvalue weighted by atomic mass is 19.1. The van der Waals surface area contributed by atoms with Crippen molar-refractivity contribution in [2.45, 2.75) is 13.0 Å². The van der Waals surface area contributed by atoms with Crippen LogP contribution in [0.2, 0.25) is 0 Å². The maximum absolute atomic E-state index is 13.7. The summed E-state index contributed by atoms with van der Waals surface area (Å²) in [4.78, 5) is 22.1. The minimum atomic E-state index is -0.625. The number of pyridine rings is 1. The Morgan fingerprint density at radius 1 is 1.15 bits per heavy atom. The van der Waals surface area contributed by atoms with E-state index in [0.29, 0.717) is 40.0 Å². The number of nitrogens with zero attached hydrogens (tertiary/aromatic N) is 4. The first-order valence-corrected chi connectivity index (χ1v) is 10.6. The summed E-state index contributed by atoms with van der Waals surface area (Å²) in [5, 5.41) is 10.8. The normalized spacial score (nSPS) is 14.9. The number of nitrogens with one attached hydrogen (secondary N) is 2. The van der Waals surface area contributed by atoms with Gasteiger partial charge in [-0.3, -0.25) is 9.78 Å². The van der Waals surface area contributed by atoms with Crippen LogP contribution in [-0.4, -0.2) is 32.8 Å². The van der Waals surface area contributed by atoms with E-state index in [2.05, 4.69) is 20.6 Å². The van der Waals surface area contributed by atoms with Gasteiger partial charge in [-0.25, -0.2) is 9.07 Å². The van der Waals surface area contributed by atoms with Crippen molar-refractivity contribution in [3.63, 3.8) is 0 Å². The van der Waals surface area contributed by atoms with Crippen molar-refractivity contribution >= 4 is 17.5 Å². The lowest BCUT2D eigenvalue weighted by molar-refractivity contribution is -0.113. The molecule has 1 atom stereocenters. The number of benzene rings is 2. The van der Waals surface area contributed by atoms with Crippen molar-refractivity contribution in [3.05, 3.63) is 95.7 Å². The zero-order chi connectivity index (χ0) is 23.7. The number of allylic oxidation sites excluding steroid dienone is 1. The highest BCUT2D eigenvalue weighted by Gasteiger charge is 2.34. The van der Waals surface area contributed by atoms with Gasteiger partial charge >= 0.3 is 0 Å². The highest BCUT2D eigenvalue weighted by Crippen LogP contribution is 2.37. The standard InChI is InChI=1S/C25H21FN6O2/c1-15-21(24(33)29-19-6-4-12-27-14-19)22(16-8-10-18(26)11-9-16)32-25(28-15)30-23(31-32)17-5-3-7-20(13-17)34-2/h3-14,22H,1-2H3,(H,29,33)(H,28,30,31). The molecule has 170 valence electrons. The Morgan fingerprint density at radius 2 is 1.97 bits per heavy atom. The van der Waals surface area contributed by atoms with Crippen LogP contribution in [0, 0.1) is 5.82 Å². The average Bonchev–Trinajstić information content (AvgIpc) is 3.28. The summed E-state index contributed by atoms with van der Waals surface area (Å²) in [7, 11) is 1.59. The van der Waals surface area contributed by atoms with E-state index in [1.807, 2.05) is 24.3 Å². The SMILES string of the molecule is COc1cccc(-c2nc3n(n2)C(c2ccc(F)cc2)C(C(=O)Nc2cccnc2)=C(C)N3)c1. The van der Waals surface area contributed by atoms with Crippen LogP contribution in [0.4, 0.5) is 16.0 Å². The predicted octanol–water partition coefficient (Wildman–Crippen LogP) is 4.42. The summed E-state index contributed by atoms with van der Waals surface area (Å²) < 4.78 is 20.7. The molecule has 3 heterocycles. The van der Waals surface area contributed by atoms with E-state index in [9.17, 15) is 9.18 Å². The van der Waals surface area contributed by atoms with E-state index >= 15 is 0 Å². The Kier molecular flexibility index (Phi) is 5.51. The van der Waals surface area contributed by atoms with Crippen LogP contribution in [0.1, 0.15) is 18.5 Å². The number of carbonyl (C=O) groups is 1. The second-order valence-electron chi connectivity index (χ2n) is 7.75. The molecular formula is C25H21FN6O2. The van der Waals surface area contributed by atoms with Gasteiger partial charge in [0.25, 0.3) is 5.91 Å². The molecule has 0 bridgehead atoms. The molecule has 1 amide bonds. The summed E-state index contributed by atoms with van der Waals surface area (Å²) in [5.74, 6) is 0.934. The van der Waals surface area contributed by atoms with Gasteiger partial charge in [0.15, 0.2) is 5.82 Å². The van der Waals surface area contributed by atoms with Gasteiger partial charge in [-0.15, -0.1) is 5.10 Å². The lowest BCUT2D eigenvalue weighted by Gasteiger charge is -2.28. The Bertz CT molecular complexity index is 1380. The van der Waals surface area contributed by atoms with Crippen LogP contribution in [0.3, 0.4) is 0 Å². The Hall–Kier alpha value is -4.53. The van der Waals surface area contributed by atoms with E-state index in [4.69, 9.17) is 9.84 Å². The summed E-state index contributed by atoms with van der Waals surface area (Å²) >= 11 is 0. The van der Waals surface area contributed by atoms with Crippen molar-refractivity contribution in [1.82, 2.24) is 19.7 Å². The lowest BCUT2D eigenvalue weighted by atomic mass is 9.95. The molecule has 1 aliphatic rings. The summed E-state index contributed by atoms with van der Waals surface area (Å²) in [6, 6.07) is 16.3. The molecule has 0 aliphatic carbocycles. The monoisotopic (exact) mass is 456 g/mol. The Labute approximate surface area is 195 Å². The fourth-order valence-electron chi connectivity index (χ4n) is 3.92. The van der Waals surface area contributed by atoms with Crippen molar-refractivity contribution in [2.24, 2.45) is 0 Å². The molecule has 9 heteroatoms. The molecule has 1 unspecified atom stereocenters. The van der Waals surface area contributed by atoms with Gasteiger partial charge in [0.05, 0.1) is 24.6 Å². The first-order chi connectivity index (χ1) is 16.5. The van der Waals surface area contributed by atoms with Gasteiger partial charge in [-0.05, 0) is 48.9 Å². The maximum atomic E-state index is 13.7. The van der Waals surface area contributed by atoms with Crippen LogP contribution in [0.5, 0.6) is 5.75 Å². The molecule has 2 aromatic carbocycles. The number of hydrogen-bond donors (Lipinski definition) is 2. The van der Waals surface area contributed by atoms with E-state index in [1.54, 1.807) is 55.4 Å². The number of methoxy groups -OCH3 is 1. The second kappa shape index (κ2) is 8.78. The average molecular weight is 456 g/mol. The Morgan fingerprint density at radius 3 is 2.71 bits per heavy atom. The molecular weight excluding hydrogens is 435 g/mol. The molecule has 0 radical (unpaired) electrons. The van der Waals surface area contributed by atoms with Crippen LogP contribution in [0.15, 0.2) is 84.3 Å². The summed E-state index contributed by atoms with van der Waals surface area (Å²) in [5.41, 5.74) is 3.08. The smallest absolute Gasteiger partial charge is 0.255 e. The third-order valence-electron chi connectivity index (χ3n) is 5.53. The van der Waals surface area contributed by atoms with Gasteiger partial charge in [0.1, 0.15) is 17.6 Å². The molecule has 2 N–H and O–H groups in total. The van der Waals surface area contributed by atoms with Crippen LogP contribution in [0.25, 0.3) is 11.4 Å². The molecule has 8 nitrogen and oxygen atoms in total. The largest absolute Gasteiger partial charge is 0.497 e. The third-order valence-corrected chi connectivity index (χ3v) is 5.53. The first-order valence-electron chi connectivity index (χ1n) is 10.6. The first kappa shape index (κ1) is 21.3. The minimum Gasteiger partial charge on any atom is -0.497 e. The quantitative estimate of drug-likeness (QED) is 0.462. The minimum absolute atomic E-state index is 0.323. The molecule has 5 rings (SSSR count). The van der Waals surface area contributed by atoms with Crippen molar-refractivity contribution in [3.8, 4) is 17.1 Å². The van der Waals surface area contributed by atoms with Gasteiger partial charge in [0, 0.05) is 17.5 Å². The molecule has 34 heavy (non-hydrogen) atoms. The van der Waals surface area contributed by atoms with Crippen LogP contribution in [-0.2, 0) is 4.79 Å². The molecule has 4 aromatic rings. The maximum Gasteiger partial charge on any atom is 0.255 e. The number of carbonyl (C=O) groups excluding carboxylic acids is 1. The number of anilines is 2. The summed E-state index contributed by atoms with van der Waals surface area (Å²) in [6.45, 7) is 1.80. The number of halogens is 1. The van der Waals surface area contributed by atoms with Gasteiger partial charge in [-0.2, -0.15) is 4.98 Å². The van der Waals surface area contributed by atoms with Crippen LogP contribution < -0.4 is 15.4 Å². The van der Waals surface area contributed by atoms with Crippen molar-refractivity contribution in [2.75, 3.05) is 17.7 Å². The number of fused-ring (bicyclic) bond motifs is 1. The topological polar surface area (TPSA) is 94.0 Å². The zero-order valence-electron chi connectivity index (χ0n) is 18.5. The molecule has 0 spiro atoms. The zero-order valence-corrected chi connectivity index (χ0v) is 18.5. The van der Waals surface area contributed by atoms with E-state index in [0.717, 1.165) is 5.56 Å². The molecule has 0 fully saturated rings. The number of amides is 1. The number of ether oxygens (including phenoxy) is 1. The lowest BCUT2D eigenvalue weighted by Crippen LogP contribution is -2.31. The molecule has 1 aliphatic heterocycles. The second-order valence-corrected chi connectivity index (χ2v) is 7.75. The van der Waals surface area contributed by atoms with E-state index < -0.39 is 6.04 Å². The van der Waals surface area contributed by atoms with Gasteiger partial charge in [-0.1, -0.05) is 24.3 Å². The molecule has 0 saturated carbocycles. The number of rotatable bonds is 5. The Balaban J connectivity index is 1.60. The number of hydrogen-bond acceptors (Lipinski definition) is 6. The fraction of sp³-hybridized carbons (Fsp3) is 0.120. The van der Waals surface area contributed by atoms with E-state index in [-0.39, 0.29) is 11.7 Å². The van der Waals surface area contributed by atoms with E-state index in [1.165, 1.54) is 12.1 Å². The van der Waals surface area contributed by atoms with Gasteiger partial charge < -0.3 is 15.4 Å². The molecule has 0 saturated heterocycles. The number of aromatic nitrogens is 4. The van der Waals surface area contributed by atoms with Gasteiger partial charge in [0.2, 0.25) is 5.95 Å². The van der Waals surface area contributed by atoms with Crippen molar-refractivity contribution < 1.29 is 13.9 Å². The third kappa shape index (κ3) is 3.99. The highest BCUT2D eigenvalue weighted by molar-refractivity contribution is 6.05.